The summed E-state index contributed by atoms with van der Waals surface area (Å²) in [5.74, 6) is 1.83. The van der Waals surface area contributed by atoms with Gasteiger partial charge in [-0.15, -0.1) is 0 Å². The Morgan fingerprint density at radius 1 is 1.27 bits per heavy atom. The number of hydrogen-bond acceptors (Lipinski definition) is 2. The van der Waals surface area contributed by atoms with E-state index >= 15 is 0 Å². The molecular formula is C9H17NO. The quantitative estimate of drug-likeness (QED) is 0.643. The van der Waals surface area contributed by atoms with Crippen molar-refractivity contribution in [2.24, 2.45) is 11.8 Å². The lowest BCUT2D eigenvalue weighted by atomic mass is 9.88. The summed E-state index contributed by atoms with van der Waals surface area (Å²) in [6, 6.07) is 0. The van der Waals surface area contributed by atoms with E-state index in [4.69, 9.17) is 4.74 Å². The van der Waals surface area contributed by atoms with E-state index < -0.39 is 0 Å². The highest BCUT2D eigenvalue weighted by molar-refractivity contribution is 4.75. The van der Waals surface area contributed by atoms with Gasteiger partial charge in [-0.05, 0) is 38.3 Å². The van der Waals surface area contributed by atoms with Gasteiger partial charge in [0.05, 0.1) is 13.2 Å². The molecule has 2 rings (SSSR count). The molecular weight excluding hydrogens is 138 g/mol. The number of piperidine rings is 1. The summed E-state index contributed by atoms with van der Waals surface area (Å²) < 4.78 is 5.16. The van der Waals surface area contributed by atoms with Crippen molar-refractivity contribution in [3.05, 3.63) is 0 Å². The van der Waals surface area contributed by atoms with Crippen LogP contribution in [0.3, 0.4) is 0 Å². The van der Waals surface area contributed by atoms with Crippen molar-refractivity contribution in [2.75, 3.05) is 26.3 Å². The molecule has 2 aliphatic heterocycles. The lowest BCUT2D eigenvalue weighted by Gasteiger charge is -2.31. The van der Waals surface area contributed by atoms with Gasteiger partial charge in [0.2, 0.25) is 0 Å². The van der Waals surface area contributed by atoms with Crippen molar-refractivity contribution < 1.29 is 4.74 Å². The van der Waals surface area contributed by atoms with E-state index in [0.717, 1.165) is 25.0 Å². The standard InChI is InChI=1S/C9H17NO/c1-2-8(5-10-3-1)4-9-6-11-7-9/h8-10H,1-7H2. The predicted molar refractivity (Wildman–Crippen MR) is 44.5 cm³/mol. The molecule has 0 radical (unpaired) electrons. The summed E-state index contributed by atoms with van der Waals surface area (Å²) in [5, 5.41) is 3.45. The summed E-state index contributed by atoms with van der Waals surface area (Å²) >= 11 is 0. The van der Waals surface area contributed by atoms with E-state index in [-0.39, 0.29) is 0 Å². The molecule has 0 amide bonds. The third-order valence-electron chi connectivity index (χ3n) is 2.77. The molecule has 2 nitrogen and oxygen atoms in total. The third kappa shape index (κ3) is 1.94. The fourth-order valence-electron chi connectivity index (χ4n) is 2.02. The smallest absolute Gasteiger partial charge is 0.0516 e. The Balaban J connectivity index is 1.67. The van der Waals surface area contributed by atoms with Crippen molar-refractivity contribution in [1.82, 2.24) is 5.32 Å². The zero-order chi connectivity index (χ0) is 7.52. The zero-order valence-electron chi connectivity index (χ0n) is 7.01. The van der Waals surface area contributed by atoms with Gasteiger partial charge in [-0.2, -0.15) is 0 Å². The van der Waals surface area contributed by atoms with Crippen LogP contribution in [0.5, 0.6) is 0 Å². The molecule has 2 aliphatic rings. The van der Waals surface area contributed by atoms with Gasteiger partial charge in [-0.3, -0.25) is 0 Å². The fraction of sp³-hybridized carbons (Fsp3) is 1.00. The van der Waals surface area contributed by atoms with Crippen molar-refractivity contribution in [3.8, 4) is 0 Å². The molecule has 0 spiro atoms. The lowest BCUT2D eigenvalue weighted by Crippen LogP contribution is -2.35. The second-order valence-electron chi connectivity index (χ2n) is 3.85. The van der Waals surface area contributed by atoms with Crippen LogP contribution in [0.4, 0.5) is 0 Å². The van der Waals surface area contributed by atoms with Gasteiger partial charge in [0.1, 0.15) is 0 Å². The maximum absolute atomic E-state index is 5.16. The van der Waals surface area contributed by atoms with Crippen molar-refractivity contribution in [1.29, 1.82) is 0 Å². The maximum Gasteiger partial charge on any atom is 0.0516 e. The van der Waals surface area contributed by atoms with Crippen molar-refractivity contribution in [3.63, 3.8) is 0 Å². The first-order valence-electron chi connectivity index (χ1n) is 4.73. The van der Waals surface area contributed by atoms with Gasteiger partial charge in [-0.25, -0.2) is 0 Å². The number of rotatable bonds is 2. The van der Waals surface area contributed by atoms with E-state index in [1.807, 2.05) is 0 Å². The molecule has 2 saturated heterocycles. The molecule has 0 saturated carbocycles. The first kappa shape index (κ1) is 7.56. The van der Waals surface area contributed by atoms with Gasteiger partial charge in [0.15, 0.2) is 0 Å². The Morgan fingerprint density at radius 2 is 2.18 bits per heavy atom. The fourth-order valence-corrected chi connectivity index (χ4v) is 2.02. The van der Waals surface area contributed by atoms with Crippen LogP contribution in [0, 0.1) is 11.8 Å². The summed E-state index contributed by atoms with van der Waals surface area (Å²) in [5.41, 5.74) is 0. The van der Waals surface area contributed by atoms with Crippen molar-refractivity contribution >= 4 is 0 Å². The van der Waals surface area contributed by atoms with Crippen LogP contribution < -0.4 is 5.32 Å². The van der Waals surface area contributed by atoms with Crippen molar-refractivity contribution in [2.45, 2.75) is 19.3 Å². The normalized spacial score (nSPS) is 33.3. The highest BCUT2D eigenvalue weighted by Gasteiger charge is 2.23. The van der Waals surface area contributed by atoms with E-state index in [0.29, 0.717) is 0 Å². The maximum atomic E-state index is 5.16. The second kappa shape index (κ2) is 3.55. The minimum atomic E-state index is 0.889. The summed E-state index contributed by atoms with van der Waals surface area (Å²) in [6.07, 6.45) is 4.20. The van der Waals surface area contributed by atoms with Gasteiger partial charge >= 0.3 is 0 Å². The molecule has 2 heterocycles. The van der Waals surface area contributed by atoms with E-state index in [9.17, 15) is 0 Å². The van der Waals surface area contributed by atoms with Gasteiger partial charge < -0.3 is 10.1 Å². The van der Waals surface area contributed by atoms with E-state index in [1.165, 1.54) is 32.4 Å². The Labute approximate surface area is 68.3 Å². The van der Waals surface area contributed by atoms with E-state index in [1.54, 1.807) is 0 Å². The molecule has 1 unspecified atom stereocenters. The molecule has 64 valence electrons. The summed E-state index contributed by atoms with van der Waals surface area (Å²) in [7, 11) is 0. The summed E-state index contributed by atoms with van der Waals surface area (Å²) in [4.78, 5) is 0. The molecule has 0 aromatic rings. The highest BCUT2D eigenvalue weighted by atomic mass is 16.5. The summed E-state index contributed by atoms with van der Waals surface area (Å²) in [6.45, 7) is 4.53. The average molecular weight is 155 g/mol. The molecule has 1 N–H and O–H groups in total. The number of ether oxygens (including phenoxy) is 1. The predicted octanol–water partition coefficient (Wildman–Crippen LogP) is 1.02. The van der Waals surface area contributed by atoms with Crippen LogP contribution in [0.2, 0.25) is 0 Å². The van der Waals surface area contributed by atoms with Crippen LogP contribution in [-0.2, 0) is 4.74 Å². The van der Waals surface area contributed by atoms with Crippen LogP contribution in [0.15, 0.2) is 0 Å². The van der Waals surface area contributed by atoms with Gasteiger partial charge in [0.25, 0.3) is 0 Å². The average Bonchev–Trinajstić information content (AvgIpc) is 1.99. The molecule has 0 aromatic carbocycles. The zero-order valence-corrected chi connectivity index (χ0v) is 7.01. The SMILES string of the molecule is C1CNCC(CC2COC2)C1. The van der Waals surface area contributed by atoms with E-state index in [2.05, 4.69) is 5.32 Å². The number of nitrogens with one attached hydrogen (secondary N) is 1. The minimum absolute atomic E-state index is 0.889. The van der Waals surface area contributed by atoms with Crippen LogP contribution in [0.25, 0.3) is 0 Å². The molecule has 0 aromatic heterocycles. The molecule has 0 bridgehead atoms. The topological polar surface area (TPSA) is 21.3 Å². The second-order valence-corrected chi connectivity index (χ2v) is 3.85. The Bertz CT molecular complexity index is 117. The molecule has 2 fully saturated rings. The Hall–Kier alpha value is -0.0800. The number of hydrogen-bond donors (Lipinski definition) is 1. The monoisotopic (exact) mass is 155 g/mol. The molecule has 1 atom stereocenters. The third-order valence-corrected chi connectivity index (χ3v) is 2.77. The lowest BCUT2D eigenvalue weighted by molar-refractivity contribution is -0.0437. The largest absolute Gasteiger partial charge is 0.381 e. The Kier molecular flexibility index (Phi) is 2.44. The van der Waals surface area contributed by atoms with Crippen LogP contribution in [0.1, 0.15) is 19.3 Å². The Morgan fingerprint density at radius 3 is 2.73 bits per heavy atom. The highest BCUT2D eigenvalue weighted by Crippen LogP contribution is 2.23. The first-order valence-corrected chi connectivity index (χ1v) is 4.73. The van der Waals surface area contributed by atoms with Gasteiger partial charge in [0, 0.05) is 5.92 Å². The van der Waals surface area contributed by atoms with Crippen LogP contribution >= 0.6 is 0 Å². The van der Waals surface area contributed by atoms with Gasteiger partial charge in [-0.1, -0.05) is 0 Å². The minimum Gasteiger partial charge on any atom is -0.381 e. The van der Waals surface area contributed by atoms with Crippen LogP contribution in [-0.4, -0.2) is 26.3 Å². The molecule has 0 aliphatic carbocycles. The molecule has 11 heavy (non-hydrogen) atoms. The first-order chi connectivity index (χ1) is 5.45. The molecule has 2 heteroatoms.